The van der Waals surface area contributed by atoms with Crippen molar-refractivity contribution in [3.63, 3.8) is 0 Å². The second-order valence-corrected chi connectivity index (χ2v) is 9.25. The maximum absolute atomic E-state index is 12.9. The van der Waals surface area contributed by atoms with E-state index in [-0.39, 0.29) is 11.3 Å². The Hall–Kier alpha value is -3.32. The molecule has 4 aromatic rings. The second kappa shape index (κ2) is 9.44. The lowest BCUT2D eigenvalue weighted by Crippen LogP contribution is -2.28. The fourth-order valence-corrected chi connectivity index (χ4v) is 4.08. The Morgan fingerprint density at radius 3 is 2.47 bits per heavy atom. The molecule has 2 heterocycles. The van der Waals surface area contributed by atoms with E-state index in [1.54, 1.807) is 6.08 Å². The highest BCUT2D eigenvalue weighted by Gasteiger charge is 2.12. The van der Waals surface area contributed by atoms with Gasteiger partial charge in [0, 0.05) is 6.42 Å². The predicted octanol–water partition coefficient (Wildman–Crippen LogP) is 3.38. The molecule has 7 heteroatoms. The van der Waals surface area contributed by atoms with E-state index in [1.165, 1.54) is 4.52 Å². The third-order valence-electron chi connectivity index (χ3n) is 5.08. The van der Waals surface area contributed by atoms with Gasteiger partial charge in [-0.25, -0.2) is 0 Å². The van der Waals surface area contributed by atoms with Crippen molar-refractivity contribution >= 4 is 22.4 Å². The Morgan fingerprint density at radius 2 is 1.78 bits per heavy atom. The molecular formula is C25H25N3O3S. The Balaban J connectivity index is 1.60. The van der Waals surface area contributed by atoms with E-state index in [1.807, 2.05) is 55.5 Å². The maximum Gasteiger partial charge on any atom is 0.296 e. The van der Waals surface area contributed by atoms with E-state index < -0.39 is 5.56 Å². The summed E-state index contributed by atoms with van der Waals surface area (Å²) >= 11 is 1.16. The first-order chi connectivity index (χ1) is 15.4. The summed E-state index contributed by atoms with van der Waals surface area (Å²) in [5.41, 5.74) is 2.54. The highest BCUT2D eigenvalue weighted by atomic mass is 32.1. The molecule has 4 rings (SSSR count). The number of nitrogens with zero attached hydrogens (tertiary/aromatic N) is 3. The summed E-state index contributed by atoms with van der Waals surface area (Å²) < 4.78 is 7.45. The highest BCUT2D eigenvalue weighted by molar-refractivity contribution is 7.15. The van der Waals surface area contributed by atoms with Gasteiger partial charge in [-0.05, 0) is 48.6 Å². The number of hydrogen-bond acceptors (Lipinski definition) is 6. The smallest absolute Gasteiger partial charge is 0.296 e. The largest absolute Gasteiger partial charge is 0.494 e. The quantitative estimate of drug-likeness (QED) is 0.434. The van der Waals surface area contributed by atoms with Crippen LogP contribution in [-0.2, 0) is 6.42 Å². The Labute approximate surface area is 189 Å². The number of aryl methyl sites for hydroxylation is 1. The molecule has 0 spiro atoms. The summed E-state index contributed by atoms with van der Waals surface area (Å²) in [6.07, 6.45) is 3.12. The topological polar surface area (TPSA) is 73.6 Å². The van der Waals surface area contributed by atoms with Gasteiger partial charge in [-0.1, -0.05) is 67.1 Å². The average molecular weight is 448 g/mol. The van der Waals surface area contributed by atoms with Crippen LogP contribution in [0.2, 0.25) is 0 Å². The van der Waals surface area contributed by atoms with Crippen LogP contribution in [-0.4, -0.2) is 21.2 Å². The minimum atomic E-state index is -0.402. The summed E-state index contributed by atoms with van der Waals surface area (Å²) in [6, 6.07) is 15.5. The van der Waals surface area contributed by atoms with Crippen molar-refractivity contribution in [3.8, 4) is 5.75 Å². The Bertz CT molecular complexity index is 1390. The second-order valence-electron chi connectivity index (χ2n) is 8.24. The van der Waals surface area contributed by atoms with Gasteiger partial charge in [0.15, 0.2) is 0 Å². The third kappa shape index (κ3) is 5.11. The molecule has 0 bridgehead atoms. The zero-order valence-electron chi connectivity index (χ0n) is 18.4. The lowest BCUT2D eigenvalue weighted by Gasteiger charge is -2.07. The van der Waals surface area contributed by atoms with Gasteiger partial charge in [0.2, 0.25) is 4.96 Å². The molecule has 0 saturated carbocycles. The van der Waals surface area contributed by atoms with E-state index in [4.69, 9.17) is 4.74 Å². The van der Waals surface area contributed by atoms with E-state index in [0.29, 0.717) is 28.4 Å². The molecule has 0 unspecified atom stereocenters. The van der Waals surface area contributed by atoms with Crippen molar-refractivity contribution in [3.05, 3.63) is 96.2 Å². The number of thiazole rings is 1. The van der Waals surface area contributed by atoms with Gasteiger partial charge in [0.05, 0.1) is 11.1 Å². The number of hydrogen-bond donors (Lipinski definition) is 0. The number of benzene rings is 2. The highest BCUT2D eigenvalue weighted by Crippen LogP contribution is 2.14. The minimum Gasteiger partial charge on any atom is -0.494 e. The summed E-state index contributed by atoms with van der Waals surface area (Å²) in [4.78, 5) is 29.7. The summed E-state index contributed by atoms with van der Waals surface area (Å²) in [5, 5.41) is 4.32. The molecule has 164 valence electrons. The van der Waals surface area contributed by atoms with Crippen molar-refractivity contribution in [2.24, 2.45) is 5.92 Å². The van der Waals surface area contributed by atoms with E-state index in [2.05, 4.69) is 23.9 Å². The molecule has 0 aliphatic carbocycles. The molecule has 0 fully saturated rings. The zero-order valence-corrected chi connectivity index (χ0v) is 19.2. The van der Waals surface area contributed by atoms with Crippen LogP contribution in [0.4, 0.5) is 0 Å². The fourth-order valence-electron chi connectivity index (χ4n) is 3.18. The molecule has 0 amide bonds. The van der Waals surface area contributed by atoms with Crippen LogP contribution >= 0.6 is 11.3 Å². The first-order valence-electron chi connectivity index (χ1n) is 10.6. The first-order valence-corrected chi connectivity index (χ1v) is 11.4. The monoisotopic (exact) mass is 447 g/mol. The van der Waals surface area contributed by atoms with Crippen LogP contribution in [0.5, 0.6) is 5.75 Å². The van der Waals surface area contributed by atoms with Gasteiger partial charge in [0.1, 0.15) is 11.4 Å². The fraction of sp³-hybridized carbons (Fsp3) is 0.280. The molecule has 0 N–H and O–H groups in total. The summed E-state index contributed by atoms with van der Waals surface area (Å²) in [5.74, 6) is 1.40. The average Bonchev–Trinajstić information content (AvgIpc) is 3.05. The van der Waals surface area contributed by atoms with Crippen LogP contribution in [0, 0.1) is 12.8 Å². The Kier molecular flexibility index (Phi) is 6.46. The van der Waals surface area contributed by atoms with Gasteiger partial charge < -0.3 is 4.74 Å². The molecular weight excluding hydrogens is 422 g/mol. The van der Waals surface area contributed by atoms with Crippen LogP contribution in [0.15, 0.2) is 58.1 Å². The third-order valence-corrected chi connectivity index (χ3v) is 6.04. The van der Waals surface area contributed by atoms with Gasteiger partial charge >= 0.3 is 0 Å². The summed E-state index contributed by atoms with van der Waals surface area (Å²) in [7, 11) is 0. The van der Waals surface area contributed by atoms with Crippen molar-refractivity contribution in [1.29, 1.82) is 0 Å². The van der Waals surface area contributed by atoms with Crippen LogP contribution in [0.1, 0.15) is 42.7 Å². The molecule has 0 atom stereocenters. The van der Waals surface area contributed by atoms with E-state index in [9.17, 15) is 9.59 Å². The van der Waals surface area contributed by atoms with E-state index in [0.717, 1.165) is 40.2 Å². The van der Waals surface area contributed by atoms with E-state index >= 15 is 0 Å². The van der Waals surface area contributed by atoms with Crippen molar-refractivity contribution < 1.29 is 4.74 Å². The zero-order chi connectivity index (χ0) is 22.7. The first kappa shape index (κ1) is 21.9. The van der Waals surface area contributed by atoms with Gasteiger partial charge in [-0.15, -0.1) is 0 Å². The molecule has 0 saturated heterocycles. The van der Waals surface area contributed by atoms with Crippen molar-refractivity contribution in [2.75, 3.05) is 6.61 Å². The number of ether oxygens (including phenoxy) is 1. The van der Waals surface area contributed by atoms with Gasteiger partial charge in [0.25, 0.3) is 11.1 Å². The number of rotatable bonds is 7. The molecule has 0 radical (unpaired) electrons. The lowest BCUT2D eigenvalue weighted by atomic mass is 10.1. The normalized spacial score (nSPS) is 12.1. The predicted molar refractivity (Wildman–Crippen MR) is 128 cm³/mol. The Morgan fingerprint density at radius 1 is 1.06 bits per heavy atom. The van der Waals surface area contributed by atoms with Crippen molar-refractivity contribution in [2.45, 2.75) is 33.6 Å². The minimum absolute atomic E-state index is 0.260. The number of fused-ring (bicyclic) bond motifs is 1. The van der Waals surface area contributed by atoms with Crippen LogP contribution in [0.25, 0.3) is 11.0 Å². The van der Waals surface area contributed by atoms with Crippen LogP contribution in [0.3, 0.4) is 0 Å². The van der Waals surface area contributed by atoms with Gasteiger partial charge in [-0.3, -0.25) is 9.59 Å². The molecule has 0 aliphatic heterocycles. The molecule has 6 nitrogen and oxygen atoms in total. The molecule has 2 aromatic heterocycles. The van der Waals surface area contributed by atoms with Crippen molar-refractivity contribution in [1.82, 2.24) is 14.6 Å². The SMILES string of the molecule is Cc1ccc(Cc2nn3c(=O)/c(=C/c4ccc(OCCC(C)C)cc4)sc3nc2=O)cc1. The number of aromatic nitrogens is 3. The lowest BCUT2D eigenvalue weighted by molar-refractivity contribution is 0.289. The molecule has 32 heavy (non-hydrogen) atoms. The van der Waals surface area contributed by atoms with Gasteiger partial charge in [-0.2, -0.15) is 14.6 Å². The molecule has 0 aliphatic rings. The molecule has 2 aromatic carbocycles. The summed E-state index contributed by atoms with van der Waals surface area (Å²) in [6.45, 7) is 7.01. The maximum atomic E-state index is 12.9. The van der Waals surface area contributed by atoms with Crippen LogP contribution < -0.4 is 20.4 Å². The standard InChI is InChI=1S/C25H25N3O3S/c1-16(2)12-13-31-20-10-8-19(9-11-20)15-22-24(30)28-25(32-22)26-23(29)21(27-28)14-18-6-4-17(3)5-7-18/h4-11,15-16H,12-14H2,1-3H3/b22-15-.